The Labute approximate surface area is 139 Å². The minimum absolute atomic E-state index is 0.0908. The van der Waals surface area contributed by atoms with Crippen LogP contribution in [-0.2, 0) is 4.79 Å². The van der Waals surface area contributed by atoms with E-state index in [0.717, 1.165) is 18.4 Å². The Hall–Kier alpha value is -2.63. The van der Waals surface area contributed by atoms with Gasteiger partial charge >= 0.3 is 5.97 Å². The molecule has 6 heteroatoms. The van der Waals surface area contributed by atoms with Crippen molar-refractivity contribution in [1.82, 2.24) is 10.5 Å². The number of rotatable bonds is 4. The largest absolute Gasteiger partial charge is 0.480 e. The number of nitrogens with zero attached hydrogens (tertiary/aromatic N) is 1. The number of benzene rings is 1. The van der Waals surface area contributed by atoms with E-state index in [1.165, 1.54) is 6.07 Å². The number of amides is 1. The van der Waals surface area contributed by atoms with Gasteiger partial charge in [-0.05, 0) is 31.6 Å². The molecule has 0 aliphatic heterocycles. The first-order chi connectivity index (χ1) is 11.5. The Kier molecular flexibility index (Phi) is 4.38. The second-order valence-corrected chi connectivity index (χ2v) is 6.47. The van der Waals surface area contributed by atoms with Crippen LogP contribution in [0.1, 0.15) is 43.1 Å². The Balaban J connectivity index is 1.77. The number of carboxylic acids is 1. The highest BCUT2D eigenvalue weighted by Gasteiger charge is 2.43. The van der Waals surface area contributed by atoms with Crippen molar-refractivity contribution >= 4 is 11.9 Å². The van der Waals surface area contributed by atoms with Crippen LogP contribution < -0.4 is 5.32 Å². The van der Waals surface area contributed by atoms with Crippen LogP contribution >= 0.6 is 0 Å². The number of carbonyl (C=O) groups excluding carboxylic acids is 1. The zero-order valence-electron chi connectivity index (χ0n) is 13.5. The predicted molar refractivity (Wildman–Crippen MR) is 87.4 cm³/mol. The minimum Gasteiger partial charge on any atom is -0.480 e. The highest BCUT2D eigenvalue weighted by Crippen LogP contribution is 2.32. The highest BCUT2D eigenvalue weighted by atomic mass is 16.5. The van der Waals surface area contributed by atoms with Crippen LogP contribution in [-0.4, -0.2) is 27.7 Å². The molecule has 0 spiro atoms. The highest BCUT2D eigenvalue weighted by molar-refractivity contribution is 5.97. The van der Waals surface area contributed by atoms with Crippen molar-refractivity contribution < 1.29 is 19.2 Å². The fraction of sp³-hybridized carbons (Fsp3) is 0.389. The Morgan fingerprint density at radius 3 is 2.54 bits per heavy atom. The standard InChI is InChI=1S/C18H20N2O4/c1-12-7-9-18(10-8-12,17(22)23)19-16(21)14-11-15(24-20-14)13-5-3-2-4-6-13/h2-6,11-12H,7-10H2,1H3,(H,19,21)(H,22,23). The monoisotopic (exact) mass is 328 g/mol. The maximum atomic E-state index is 12.5. The van der Waals surface area contributed by atoms with Crippen LogP contribution in [0.3, 0.4) is 0 Å². The summed E-state index contributed by atoms with van der Waals surface area (Å²) in [6.45, 7) is 2.09. The van der Waals surface area contributed by atoms with Gasteiger partial charge in [-0.3, -0.25) is 4.79 Å². The number of aliphatic carboxylic acids is 1. The normalized spacial score (nSPS) is 23.6. The molecule has 1 aromatic carbocycles. The van der Waals surface area contributed by atoms with Crippen LogP contribution in [0.4, 0.5) is 0 Å². The molecule has 3 rings (SSSR count). The number of hydrogen-bond donors (Lipinski definition) is 2. The topological polar surface area (TPSA) is 92.4 Å². The quantitative estimate of drug-likeness (QED) is 0.899. The average Bonchev–Trinajstić information content (AvgIpc) is 3.08. The first-order valence-corrected chi connectivity index (χ1v) is 8.08. The number of aromatic nitrogens is 1. The molecule has 2 N–H and O–H groups in total. The molecule has 1 aliphatic carbocycles. The van der Waals surface area contributed by atoms with Gasteiger partial charge in [0.05, 0.1) is 0 Å². The fourth-order valence-corrected chi connectivity index (χ4v) is 3.05. The van der Waals surface area contributed by atoms with Gasteiger partial charge in [0.25, 0.3) is 5.91 Å². The first kappa shape index (κ1) is 16.2. The van der Waals surface area contributed by atoms with Gasteiger partial charge in [-0.1, -0.05) is 42.4 Å². The zero-order valence-corrected chi connectivity index (χ0v) is 13.5. The van der Waals surface area contributed by atoms with Gasteiger partial charge in [0.1, 0.15) is 5.54 Å². The molecule has 2 aromatic rings. The molecule has 126 valence electrons. The summed E-state index contributed by atoms with van der Waals surface area (Å²) < 4.78 is 5.21. The van der Waals surface area contributed by atoms with Gasteiger partial charge in [-0.15, -0.1) is 0 Å². The third-order valence-corrected chi connectivity index (χ3v) is 4.69. The summed E-state index contributed by atoms with van der Waals surface area (Å²) in [5.74, 6) is -0.555. The molecule has 1 aromatic heterocycles. The molecular weight excluding hydrogens is 308 g/mol. The first-order valence-electron chi connectivity index (χ1n) is 8.08. The average molecular weight is 328 g/mol. The van der Waals surface area contributed by atoms with E-state index in [1.54, 1.807) is 0 Å². The molecule has 1 aliphatic rings. The van der Waals surface area contributed by atoms with E-state index in [4.69, 9.17) is 4.52 Å². The van der Waals surface area contributed by atoms with Crippen molar-refractivity contribution in [3.05, 3.63) is 42.1 Å². The molecule has 1 amide bonds. The third-order valence-electron chi connectivity index (χ3n) is 4.69. The van der Waals surface area contributed by atoms with E-state index < -0.39 is 17.4 Å². The SMILES string of the molecule is CC1CCC(NC(=O)c2cc(-c3ccccc3)on2)(C(=O)O)CC1. The van der Waals surface area contributed by atoms with E-state index in [2.05, 4.69) is 17.4 Å². The number of carbonyl (C=O) groups is 2. The summed E-state index contributed by atoms with van der Waals surface area (Å²) in [4.78, 5) is 24.2. The fourth-order valence-electron chi connectivity index (χ4n) is 3.05. The van der Waals surface area contributed by atoms with Gasteiger partial charge in [0.2, 0.25) is 0 Å². The molecule has 0 radical (unpaired) electrons. The molecule has 1 fully saturated rings. The van der Waals surface area contributed by atoms with Gasteiger partial charge in [-0.25, -0.2) is 4.79 Å². The molecule has 1 saturated carbocycles. The zero-order chi connectivity index (χ0) is 17.2. The third kappa shape index (κ3) is 3.18. The molecule has 0 atom stereocenters. The summed E-state index contributed by atoms with van der Waals surface area (Å²) in [6.07, 6.45) is 2.42. The van der Waals surface area contributed by atoms with Crippen LogP contribution in [0.2, 0.25) is 0 Å². The van der Waals surface area contributed by atoms with Crippen LogP contribution in [0.15, 0.2) is 40.9 Å². The molecular formula is C18H20N2O4. The lowest BCUT2D eigenvalue weighted by Gasteiger charge is -2.36. The second kappa shape index (κ2) is 6.47. The van der Waals surface area contributed by atoms with Crippen LogP contribution in [0.25, 0.3) is 11.3 Å². The van der Waals surface area contributed by atoms with Crippen molar-refractivity contribution in [1.29, 1.82) is 0 Å². The van der Waals surface area contributed by atoms with Gasteiger partial charge in [0.15, 0.2) is 11.5 Å². The van der Waals surface area contributed by atoms with E-state index >= 15 is 0 Å². The molecule has 6 nitrogen and oxygen atoms in total. The summed E-state index contributed by atoms with van der Waals surface area (Å²) in [6, 6.07) is 10.8. The maximum absolute atomic E-state index is 12.5. The summed E-state index contributed by atoms with van der Waals surface area (Å²) in [7, 11) is 0. The smallest absolute Gasteiger partial charge is 0.329 e. The lowest BCUT2D eigenvalue weighted by atomic mass is 9.77. The van der Waals surface area contributed by atoms with Crippen molar-refractivity contribution in [2.75, 3.05) is 0 Å². The van der Waals surface area contributed by atoms with Crippen molar-refractivity contribution in [2.24, 2.45) is 5.92 Å². The van der Waals surface area contributed by atoms with E-state index in [-0.39, 0.29) is 5.69 Å². The van der Waals surface area contributed by atoms with Gasteiger partial charge in [-0.2, -0.15) is 0 Å². The van der Waals surface area contributed by atoms with Crippen molar-refractivity contribution in [3.8, 4) is 11.3 Å². The van der Waals surface area contributed by atoms with Gasteiger partial charge < -0.3 is 14.9 Å². The van der Waals surface area contributed by atoms with Crippen LogP contribution in [0.5, 0.6) is 0 Å². The van der Waals surface area contributed by atoms with E-state index in [9.17, 15) is 14.7 Å². The summed E-state index contributed by atoms with van der Waals surface area (Å²) >= 11 is 0. The van der Waals surface area contributed by atoms with Crippen molar-refractivity contribution in [3.63, 3.8) is 0 Å². The Bertz CT molecular complexity index is 730. The number of hydrogen-bond acceptors (Lipinski definition) is 4. The minimum atomic E-state index is -1.21. The summed E-state index contributed by atoms with van der Waals surface area (Å²) in [5.41, 5.74) is -0.313. The Morgan fingerprint density at radius 1 is 1.25 bits per heavy atom. The van der Waals surface area contributed by atoms with E-state index in [0.29, 0.717) is 24.5 Å². The van der Waals surface area contributed by atoms with Crippen LogP contribution in [0, 0.1) is 5.92 Å². The second-order valence-electron chi connectivity index (χ2n) is 6.47. The maximum Gasteiger partial charge on any atom is 0.329 e. The molecule has 1 heterocycles. The molecule has 0 saturated heterocycles. The summed E-state index contributed by atoms with van der Waals surface area (Å²) in [5, 5.41) is 16.1. The molecule has 0 unspecified atom stereocenters. The number of carboxylic acid groups (broad SMARTS) is 1. The molecule has 0 bridgehead atoms. The van der Waals surface area contributed by atoms with Gasteiger partial charge in [0, 0.05) is 11.6 Å². The Morgan fingerprint density at radius 2 is 1.92 bits per heavy atom. The van der Waals surface area contributed by atoms with Crippen molar-refractivity contribution in [2.45, 2.75) is 38.1 Å². The predicted octanol–water partition coefficient (Wildman–Crippen LogP) is 3.10. The lowest BCUT2D eigenvalue weighted by molar-refractivity contribution is -0.146. The molecule has 24 heavy (non-hydrogen) atoms. The van der Waals surface area contributed by atoms with E-state index in [1.807, 2.05) is 30.3 Å². The number of nitrogens with one attached hydrogen (secondary N) is 1. The lowest BCUT2D eigenvalue weighted by Crippen LogP contribution is -2.56.